The monoisotopic (exact) mass is 325 g/mol. The molecular formula is C13H27NS2Zn. The Kier molecular flexibility index (Phi) is 29.6. The van der Waals surface area contributed by atoms with Crippen LogP contribution in [0, 0.1) is 6.92 Å². The summed E-state index contributed by atoms with van der Waals surface area (Å²) < 4.78 is 0.0833. The van der Waals surface area contributed by atoms with Crippen molar-refractivity contribution in [3.63, 3.8) is 0 Å². The van der Waals surface area contributed by atoms with Crippen LogP contribution in [0.5, 0.6) is 0 Å². The zero-order valence-corrected chi connectivity index (χ0v) is 16.0. The van der Waals surface area contributed by atoms with Gasteiger partial charge in [-0.15, -0.1) is 0 Å². The Morgan fingerprint density at radius 1 is 1.00 bits per heavy atom. The molecule has 0 heterocycles. The molecule has 0 fully saturated rings. The molecule has 0 rings (SSSR count). The summed E-state index contributed by atoms with van der Waals surface area (Å²) in [5, 5.41) is 0. The van der Waals surface area contributed by atoms with Crippen molar-refractivity contribution in [3.05, 3.63) is 6.92 Å². The SMILES string of the molecule is NC(=S)[S-].[CH2-]CCCCCCCCCCC.[Zn+2]. The quantitative estimate of drug-likeness (QED) is 0.222. The number of thiocarbonyl (C=S) groups is 1. The largest absolute Gasteiger partial charge is 2.00 e. The van der Waals surface area contributed by atoms with Gasteiger partial charge in [0.2, 0.25) is 0 Å². The first-order chi connectivity index (χ1) is 7.65. The van der Waals surface area contributed by atoms with Crippen molar-refractivity contribution >= 4 is 29.2 Å². The van der Waals surface area contributed by atoms with Crippen molar-refractivity contribution in [2.24, 2.45) is 5.73 Å². The first kappa shape index (κ1) is 22.9. The fraction of sp³-hybridized carbons (Fsp3) is 0.846. The van der Waals surface area contributed by atoms with Gasteiger partial charge in [0.1, 0.15) is 0 Å². The second-order valence-corrected chi connectivity index (χ2v) is 5.14. The van der Waals surface area contributed by atoms with Crippen LogP contribution < -0.4 is 5.73 Å². The van der Waals surface area contributed by atoms with Crippen LogP contribution in [0.15, 0.2) is 0 Å². The fourth-order valence-electron chi connectivity index (χ4n) is 1.49. The van der Waals surface area contributed by atoms with E-state index in [1.165, 1.54) is 57.8 Å². The molecule has 0 aliphatic rings. The Morgan fingerprint density at radius 3 is 1.59 bits per heavy atom. The van der Waals surface area contributed by atoms with Gasteiger partial charge in [0.15, 0.2) is 0 Å². The molecule has 0 aromatic carbocycles. The second-order valence-electron chi connectivity index (χ2n) is 4.00. The number of hydrogen-bond donors (Lipinski definition) is 1. The van der Waals surface area contributed by atoms with E-state index in [0.717, 1.165) is 6.42 Å². The van der Waals surface area contributed by atoms with Crippen LogP contribution in [-0.4, -0.2) is 4.32 Å². The van der Waals surface area contributed by atoms with E-state index in [-0.39, 0.29) is 23.8 Å². The van der Waals surface area contributed by atoms with Crippen LogP contribution in [-0.2, 0) is 32.1 Å². The predicted molar refractivity (Wildman–Crippen MR) is 81.4 cm³/mol. The second kappa shape index (κ2) is 22.0. The van der Waals surface area contributed by atoms with Crippen LogP contribution in [0.1, 0.15) is 71.1 Å². The third kappa shape index (κ3) is 38.3. The van der Waals surface area contributed by atoms with Crippen molar-refractivity contribution in [2.45, 2.75) is 71.1 Å². The maximum absolute atomic E-state index is 4.66. The van der Waals surface area contributed by atoms with E-state index in [2.05, 4.69) is 44.4 Å². The molecule has 0 unspecified atom stereocenters. The number of rotatable bonds is 9. The van der Waals surface area contributed by atoms with Crippen LogP contribution in [0.3, 0.4) is 0 Å². The molecule has 0 saturated heterocycles. The number of unbranched alkanes of at least 4 members (excludes halogenated alkanes) is 9. The van der Waals surface area contributed by atoms with Gasteiger partial charge < -0.3 is 37.5 Å². The molecule has 0 amide bonds. The van der Waals surface area contributed by atoms with E-state index < -0.39 is 0 Å². The Morgan fingerprint density at radius 2 is 1.29 bits per heavy atom. The molecule has 1 nitrogen and oxygen atoms in total. The van der Waals surface area contributed by atoms with Gasteiger partial charge >= 0.3 is 19.5 Å². The number of hydrogen-bond acceptors (Lipinski definition) is 2. The van der Waals surface area contributed by atoms with Crippen molar-refractivity contribution < 1.29 is 19.5 Å². The Bertz CT molecular complexity index is 129. The summed E-state index contributed by atoms with van der Waals surface area (Å²) in [5.41, 5.74) is 4.66. The van der Waals surface area contributed by atoms with Crippen LogP contribution in [0.4, 0.5) is 0 Å². The molecule has 98 valence electrons. The van der Waals surface area contributed by atoms with E-state index in [0.29, 0.717) is 0 Å². The average Bonchev–Trinajstić information content (AvgIpc) is 2.21. The van der Waals surface area contributed by atoms with E-state index in [4.69, 9.17) is 0 Å². The minimum absolute atomic E-state index is 0. The molecule has 0 aliphatic carbocycles. The van der Waals surface area contributed by atoms with Crippen LogP contribution in [0.2, 0.25) is 0 Å². The van der Waals surface area contributed by atoms with Crippen molar-refractivity contribution in [1.29, 1.82) is 0 Å². The van der Waals surface area contributed by atoms with Gasteiger partial charge in [-0.3, -0.25) is 0 Å². The summed E-state index contributed by atoms with van der Waals surface area (Å²) in [6.45, 7) is 6.12. The van der Waals surface area contributed by atoms with Gasteiger partial charge in [-0.2, -0.15) is 6.42 Å². The van der Waals surface area contributed by atoms with Gasteiger partial charge in [0.05, 0.1) is 0 Å². The third-order valence-electron chi connectivity index (χ3n) is 2.35. The minimum atomic E-state index is 0. The van der Waals surface area contributed by atoms with Gasteiger partial charge in [0.25, 0.3) is 0 Å². The molecule has 0 spiro atoms. The first-order valence-electron chi connectivity index (χ1n) is 6.40. The van der Waals surface area contributed by atoms with Crippen LogP contribution >= 0.6 is 12.2 Å². The summed E-state index contributed by atoms with van der Waals surface area (Å²) in [6, 6.07) is 0. The molecule has 0 aromatic rings. The molecule has 0 bridgehead atoms. The van der Waals surface area contributed by atoms with Gasteiger partial charge in [-0.05, 0) is 0 Å². The molecule has 0 aromatic heterocycles. The Labute approximate surface area is 132 Å². The summed E-state index contributed by atoms with van der Waals surface area (Å²) >= 11 is 8.26. The van der Waals surface area contributed by atoms with Crippen LogP contribution in [0.25, 0.3) is 0 Å². The van der Waals surface area contributed by atoms with E-state index >= 15 is 0 Å². The van der Waals surface area contributed by atoms with E-state index in [9.17, 15) is 0 Å². The fourth-order valence-corrected chi connectivity index (χ4v) is 1.49. The molecule has 2 N–H and O–H groups in total. The third-order valence-corrected chi connectivity index (χ3v) is 2.35. The zero-order valence-electron chi connectivity index (χ0n) is 11.4. The van der Waals surface area contributed by atoms with E-state index in [1.54, 1.807) is 0 Å². The maximum Gasteiger partial charge on any atom is 2.00 e. The molecule has 0 saturated carbocycles. The van der Waals surface area contributed by atoms with E-state index in [1.807, 2.05) is 0 Å². The summed E-state index contributed by atoms with van der Waals surface area (Å²) in [6.07, 6.45) is 13.9. The number of nitrogens with two attached hydrogens (primary N) is 1. The van der Waals surface area contributed by atoms with Crippen molar-refractivity contribution in [3.8, 4) is 0 Å². The smallest absolute Gasteiger partial charge is 0.415 e. The van der Waals surface area contributed by atoms with Crippen molar-refractivity contribution in [2.75, 3.05) is 0 Å². The zero-order chi connectivity index (χ0) is 12.6. The Balaban J connectivity index is -0.000000340. The predicted octanol–water partition coefficient (Wildman–Crippen LogP) is 4.52. The molecule has 0 aliphatic heterocycles. The van der Waals surface area contributed by atoms with Gasteiger partial charge in [-0.25, -0.2) is 0 Å². The summed E-state index contributed by atoms with van der Waals surface area (Å²) in [4.78, 5) is 0. The molecule has 17 heavy (non-hydrogen) atoms. The molecule has 4 heteroatoms. The summed E-state index contributed by atoms with van der Waals surface area (Å²) in [7, 11) is 0. The molecule has 0 radical (unpaired) electrons. The average molecular weight is 327 g/mol. The van der Waals surface area contributed by atoms with Gasteiger partial charge in [0, 0.05) is 0 Å². The first-order valence-corrected chi connectivity index (χ1v) is 7.22. The standard InChI is InChI=1S/C12H25.CH3NS2.Zn/c1-3-5-7-9-11-12-10-8-6-4-2;2-1(3)4;/h1,3-12H2,2H3;(H3,2,3,4);/q-1;;+2/p-1. The van der Waals surface area contributed by atoms with Gasteiger partial charge in [-0.1, -0.05) is 69.0 Å². The normalized spacial score (nSPS) is 8.82. The van der Waals surface area contributed by atoms with Crippen molar-refractivity contribution in [1.82, 2.24) is 0 Å². The molecular weight excluding hydrogens is 300 g/mol. The molecule has 0 atom stereocenters. The Hall–Kier alpha value is 0.733. The maximum atomic E-state index is 4.66. The summed E-state index contributed by atoms with van der Waals surface area (Å²) in [5.74, 6) is 0. The minimum Gasteiger partial charge on any atom is -0.415 e. The topological polar surface area (TPSA) is 26.0 Å².